The fourth-order valence-corrected chi connectivity index (χ4v) is 4.69. The molecule has 4 rings (SSSR count). The summed E-state index contributed by atoms with van der Waals surface area (Å²) in [5.74, 6) is 0.431. The van der Waals surface area contributed by atoms with Gasteiger partial charge in [0.05, 0.1) is 36.0 Å². The number of nitrogens with zero attached hydrogens (tertiary/aromatic N) is 4. The summed E-state index contributed by atoms with van der Waals surface area (Å²) in [6.07, 6.45) is 16.5. The number of aromatic nitrogens is 3. The number of urea groups is 1. The van der Waals surface area contributed by atoms with Gasteiger partial charge in [0.25, 0.3) is 0 Å². The Balaban J connectivity index is 0.000000850. The van der Waals surface area contributed by atoms with Gasteiger partial charge in [-0.1, -0.05) is 13.0 Å². The van der Waals surface area contributed by atoms with Crippen LogP contribution in [-0.2, 0) is 6.42 Å². The van der Waals surface area contributed by atoms with E-state index in [0.717, 1.165) is 36.9 Å². The number of amides is 2. The monoisotopic (exact) mass is 497 g/mol. The van der Waals surface area contributed by atoms with Gasteiger partial charge in [0.15, 0.2) is 5.82 Å². The summed E-state index contributed by atoms with van der Waals surface area (Å²) >= 11 is 0. The predicted octanol–water partition coefficient (Wildman–Crippen LogP) is 4.17. The number of nitrogens with two attached hydrogens (primary N) is 1. The molecule has 1 atom stereocenters. The van der Waals surface area contributed by atoms with Gasteiger partial charge >= 0.3 is 11.7 Å². The average molecular weight is 498 g/mol. The van der Waals surface area contributed by atoms with Crippen LogP contribution in [0.5, 0.6) is 0 Å². The molecule has 0 radical (unpaired) electrons. The maximum Gasteiger partial charge on any atom is 0.327 e. The minimum Gasteiger partial charge on any atom is -0.397 e. The molecule has 2 aromatic rings. The molecule has 2 aliphatic rings. The number of anilines is 1. The summed E-state index contributed by atoms with van der Waals surface area (Å²) in [6.45, 7) is 9.64. The van der Waals surface area contributed by atoms with Gasteiger partial charge in [-0.25, -0.2) is 14.6 Å². The topological polar surface area (TPSA) is 121 Å². The standard InChI is InChI=1S/C22H29N7O2.C2H5F.C2H2/c1-3-18-20(24-2)27-22(31)29(18)16-8-10-28(11-9-16)21(30)26-17-7-5-4-6-14-12-15(23)13-25-19(14)17;1-2-3;1-2/h3,12-13,16-17H,1-2,4-11,23H2,(H,26,30)(H,27,31);2H2,1H3;1-2H/t17-;;/m1../s1. The molecule has 0 bridgehead atoms. The minimum absolute atomic E-state index is 0.0143. The lowest BCUT2D eigenvalue weighted by atomic mass is 10.0. The van der Waals surface area contributed by atoms with Crippen LogP contribution in [-0.4, -0.2) is 51.9 Å². The van der Waals surface area contributed by atoms with Crippen LogP contribution in [0, 0.1) is 12.8 Å². The number of halogens is 1. The van der Waals surface area contributed by atoms with Gasteiger partial charge in [-0.05, 0) is 63.5 Å². The fourth-order valence-electron chi connectivity index (χ4n) is 4.69. The number of carbonyl (C=O) groups is 1. The SMILES string of the molecule is C#C.C=Cc1c(N=C)[nH]c(=O)n1C1CCN(C(=O)N[C@@H]2CCCCc3cc(N)cnc32)CC1.CCF. The van der Waals surface area contributed by atoms with Gasteiger partial charge < -0.3 is 16.0 Å². The third-order valence-electron chi connectivity index (χ3n) is 6.25. The first-order valence-electron chi connectivity index (χ1n) is 12.1. The van der Waals surface area contributed by atoms with Crippen LogP contribution < -0.4 is 16.7 Å². The number of alkyl halides is 1. The highest BCUT2D eigenvalue weighted by Crippen LogP contribution is 2.30. The highest BCUT2D eigenvalue weighted by Gasteiger charge is 2.29. The van der Waals surface area contributed by atoms with E-state index in [-0.39, 0.29) is 30.5 Å². The zero-order chi connectivity index (χ0) is 26.7. The van der Waals surface area contributed by atoms with E-state index in [9.17, 15) is 14.0 Å². The quantitative estimate of drug-likeness (QED) is 0.333. The summed E-state index contributed by atoms with van der Waals surface area (Å²) in [6, 6.07) is 1.76. The molecule has 36 heavy (non-hydrogen) atoms. The molecular weight excluding hydrogens is 461 g/mol. The molecule has 9 nitrogen and oxygen atoms in total. The van der Waals surface area contributed by atoms with E-state index in [1.165, 1.54) is 6.92 Å². The first-order valence-corrected chi connectivity index (χ1v) is 12.1. The highest BCUT2D eigenvalue weighted by atomic mass is 19.1. The molecule has 3 heterocycles. The number of hydrogen-bond donors (Lipinski definition) is 3. The molecule has 0 unspecified atom stereocenters. The molecular formula is C26H36FN7O2. The number of rotatable bonds is 4. The number of likely N-dealkylation sites (tertiary alicyclic amines) is 1. The number of fused-ring (bicyclic) bond motifs is 1. The third-order valence-corrected chi connectivity index (χ3v) is 6.25. The van der Waals surface area contributed by atoms with E-state index in [1.807, 2.05) is 11.0 Å². The lowest BCUT2D eigenvalue weighted by Gasteiger charge is -2.34. The lowest BCUT2D eigenvalue weighted by Crippen LogP contribution is -2.46. The first-order chi connectivity index (χ1) is 17.4. The number of H-pyrrole nitrogens is 1. The largest absolute Gasteiger partial charge is 0.397 e. The van der Waals surface area contributed by atoms with Gasteiger partial charge in [-0.2, -0.15) is 0 Å². The molecule has 0 spiro atoms. The summed E-state index contributed by atoms with van der Waals surface area (Å²) in [7, 11) is 0. The molecule has 1 fully saturated rings. The minimum atomic E-state index is -0.250. The third kappa shape index (κ3) is 6.62. The van der Waals surface area contributed by atoms with Crippen molar-refractivity contribution in [2.75, 3.05) is 25.5 Å². The molecule has 2 amide bonds. The summed E-state index contributed by atoms with van der Waals surface area (Å²) in [5.41, 5.74) is 9.02. The van der Waals surface area contributed by atoms with Crippen molar-refractivity contribution in [3.63, 3.8) is 0 Å². The number of piperidine rings is 1. The van der Waals surface area contributed by atoms with Crippen LogP contribution in [0.2, 0.25) is 0 Å². The highest BCUT2D eigenvalue weighted by molar-refractivity contribution is 5.75. The molecule has 0 saturated carbocycles. The van der Waals surface area contributed by atoms with E-state index >= 15 is 0 Å². The van der Waals surface area contributed by atoms with E-state index in [1.54, 1.807) is 16.8 Å². The van der Waals surface area contributed by atoms with E-state index in [4.69, 9.17) is 5.73 Å². The van der Waals surface area contributed by atoms with Crippen LogP contribution in [0.25, 0.3) is 6.08 Å². The zero-order valence-electron chi connectivity index (χ0n) is 20.9. The number of carbonyl (C=O) groups excluding carboxylic acids is 1. The Bertz CT molecular complexity index is 1110. The molecule has 1 saturated heterocycles. The Morgan fingerprint density at radius 1 is 1.36 bits per heavy atom. The van der Waals surface area contributed by atoms with Crippen molar-refractivity contribution in [1.29, 1.82) is 0 Å². The van der Waals surface area contributed by atoms with Crippen molar-refractivity contribution in [2.45, 2.75) is 57.5 Å². The molecule has 194 valence electrons. The summed E-state index contributed by atoms with van der Waals surface area (Å²) in [5, 5.41) is 3.18. The van der Waals surface area contributed by atoms with Crippen LogP contribution in [0.1, 0.15) is 68.1 Å². The van der Waals surface area contributed by atoms with E-state index < -0.39 is 0 Å². The second kappa shape index (κ2) is 13.9. The van der Waals surface area contributed by atoms with Gasteiger partial charge in [-0.3, -0.25) is 18.9 Å². The first kappa shape index (κ1) is 28.4. The summed E-state index contributed by atoms with van der Waals surface area (Å²) < 4.78 is 12.0. The Hall–Kier alpha value is -3.87. The fraction of sp³-hybridized carbons (Fsp3) is 0.462. The van der Waals surface area contributed by atoms with Gasteiger partial charge in [0.1, 0.15) is 0 Å². The predicted molar refractivity (Wildman–Crippen MR) is 143 cm³/mol. The second-order valence-electron chi connectivity index (χ2n) is 8.44. The number of hydrogen-bond acceptors (Lipinski definition) is 5. The van der Waals surface area contributed by atoms with Crippen molar-refractivity contribution >= 4 is 30.3 Å². The smallest absolute Gasteiger partial charge is 0.327 e. The molecule has 1 aliphatic carbocycles. The van der Waals surface area contributed by atoms with Crippen LogP contribution in [0.3, 0.4) is 0 Å². The van der Waals surface area contributed by atoms with Crippen LogP contribution >= 0.6 is 0 Å². The molecule has 1 aliphatic heterocycles. The molecule has 2 aromatic heterocycles. The van der Waals surface area contributed by atoms with Gasteiger partial charge in [-0.15, -0.1) is 12.8 Å². The van der Waals surface area contributed by atoms with Gasteiger partial charge in [0.2, 0.25) is 0 Å². The maximum absolute atomic E-state index is 13.0. The van der Waals surface area contributed by atoms with Gasteiger partial charge in [0, 0.05) is 19.1 Å². The average Bonchev–Trinajstić information content (AvgIpc) is 3.09. The second-order valence-corrected chi connectivity index (χ2v) is 8.44. The number of aryl methyl sites for hydroxylation is 1. The van der Waals surface area contributed by atoms with E-state index in [2.05, 4.69) is 46.4 Å². The van der Waals surface area contributed by atoms with Crippen LogP contribution in [0.15, 0.2) is 28.6 Å². The maximum atomic E-state index is 13.0. The number of aliphatic imine (C=N–C) groups is 1. The van der Waals surface area contributed by atoms with Crippen molar-refractivity contribution in [2.24, 2.45) is 4.99 Å². The zero-order valence-corrected chi connectivity index (χ0v) is 20.9. The molecule has 0 aromatic carbocycles. The van der Waals surface area contributed by atoms with Crippen LogP contribution in [0.4, 0.5) is 20.7 Å². The Morgan fingerprint density at radius 3 is 2.64 bits per heavy atom. The Kier molecular flexibility index (Phi) is 10.9. The van der Waals surface area contributed by atoms with E-state index in [0.29, 0.717) is 43.1 Å². The lowest BCUT2D eigenvalue weighted by molar-refractivity contribution is 0.166. The number of aromatic amines is 1. The van der Waals surface area contributed by atoms with Crippen molar-refractivity contribution in [1.82, 2.24) is 24.8 Å². The molecule has 4 N–H and O–H groups in total. The number of pyridine rings is 1. The number of terminal acetylenes is 1. The van der Waals surface area contributed by atoms with Crippen molar-refractivity contribution in [3.05, 3.63) is 46.3 Å². The Labute approximate surface area is 211 Å². The molecule has 10 heteroatoms. The van der Waals surface area contributed by atoms with Crippen molar-refractivity contribution in [3.8, 4) is 12.8 Å². The summed E-state index contributed by atoms with van der Waals surface area (Å²) in [4.78, 5) is 38.3. The Morgan fingerprint density at radius 2 is 2.03 bits per heavy atom. The normalized spacial score (nSPS) is 17.2. The number of nitrogens with one attached hydrogen (secondary N) is 2. The van der Waals surface area contributed by atoms with Crippen molar-refractivity contribution < 1.29 is 9.18 Å². The number of imidazole rings is 1. The number of nitrogen functional groups attached to an aromatic ring is 1.